The summed E-state index contributed by atoms with van der Waals surface area (Å²) in [5.41, 5.74) is -0.721. The van der Waals surface area contributed by atoms with Crippen molar-refractivity contribution in [2.75, 3.05) is 20.8 Å². The van der Waals surface area contributed by atoms with Gasteiger partial charge in [-0.1, -0.05) is 0 Å². The molecule has 31 heavy (non-hydrogen) atoms. The fraction of sp³-hybridized carbons (Fsp3) is 0.850. The van der Waals surface area contributed by atoms with E-state index in [1.807, 2.05) is 0 Å². The average molecular weight is 446 g/mol. The molecule has 0 radical (unpaired) electrons. The van der Waals surface area contributed by atoms with Crippen molar-refractivity contribution in [3.05, 3.63) is 0 Å². The maximum Gasteiger partial charge on any atom is 0.407 e. The summed E-state index contributed by atoms with van der Waals surface area (Å²) >= 11 is 0. The normalized spacial score (nSPS) is 27.8. The fourth-order valence-corrected chi connectivity index (χ4v) is 3.48. The van der Waals surface area contributed by atoms with Crippen molar-refractivity contribution in [1.29, 1.82) is 0 Å². The van der Waals surface area contributed by atoms with Crippen LogP contribution in [-0.4, -0.2) is 80.8 Å². The smallest absolute Gasteiger partial charge is 0.407 e. The number of ether oxygens (including phenoxy) is 6. The third kappa shape index (κ3) is 7.30. The number of methoxy groups -OCH3 is 2. The van der Waals surface area contributed by atoms with Crippen LogP contribution in [0.15, 0.2) is 0 Å². The molecule has 1 unspecified atom stereocenters. The van der Waals surface area contributed by atoms with E-state index in [1.54, 1.807) is 34.6 Å². The summed E-state index contributed by atoms with van der Waals surface area (Å²) in [7, 11) is 2.77. The third-order valence-electron chi connectivity index (χ3n) is 4.68. The van der Waals surface area contributed by atoms with Crippen LogP contribution in [0.25, 0.3) is 0 Å². The first-order valence-corrected chi connectivity index (χ1v) is 10.2. The molecule has 0 bridgehead atoms. The monoisotopic (exact) mass is 446 g/mol. The minimum absolute atomic E-state index is 0.0357. The summed E-state index contributed by atoms with van der Waals surface area (Å²) in [6.45, 7) is 8.84. The minimum atomic E-state index is -0.837. The van der Waals surface area contributed by atoms with E-state index in [-0.39, 0.29) is 25.3 Å². The quantitative estimate of drug-likeness (QED) is 0.521. The number of carbonyl (C=O) groups is 3. The van der Waals surface area contributed by atoms with E-state index < -0.39 is 54.1 Å². The molecule has 0 aliphatic carbocycles. The number of rotatable bonds is 8. The van der Waals surface area contributed by atoms with Crippen molar-refractivity contribution in [2.45, 2.75) is 89.5 Å². The van der Waals surface area contributed by atoms with Crippen LogP contribution < -0.4 is 10.6 Å². The van der Waals surface area contributed by atoms with Gasteiger partial charge in [0.05, 0.1) is 19.6 Å². The van der Waals surface area contributed by atoms with Crippen molar-refractivity contribution < 1.29 is 42.8 Å². The maximum absolute atomic E-state index is 12.5. The molecule has 2 fully saturated rings. The van der Waals surface area contributed by atoms with Crippen molar-refractivity contribution >= 4 is 18.0 Å². The highest BCUT2D eigenvalue weighted by Gasteiger charge is 2.57. The summed E-state index contributed by atoms with van der Waals surface area (Å²) < 4.78 is 33.1. The van der Waals surface area contributed by atoms with Gasteiger partial charge in [-0.2, -0.15) is 0 Å². The lowest BCUT2D eigenvalue weighted by Crippen LogP contribution is -2.52. The van der Waals surface area contributed by atoms with Crippen molar-refractivity contribution in [1.82, 2.24) is 10.6 Å². The molecule has 178 valence electrons. The van der Waals surface area contributed by atoms with Gasteiger partial charge in [-0.05, 0) is 34.6 Å². The van der Waals surface area contributed by atoms with Gasteiger partial charge in [-0.15, -0.1) is 0 Å². The number of hydrogen-bond donors (Lipinski definition) is 2. The van der Waals surface area contributed by atoms with E-state index in [0.29, 0.717) is 0 Å². The van der Waals surface area contributed by atoms with Crippen molar-refractivity contribution in [3.63, 3.8) is 0 Å². The Balaban J connectivity index is 2.09. The number of alkyl carbamates (subject to hydrolysis) is 1. The Hall–Kier alpha value is -1.95. The summed E-state index contributed by atoms with van der Waals surface area (Å²) in [6, 6.07) is -0.793. The van der Waals surface area contributed by atoms with Crippen LogP contribution >= 0.6 is 0 Å². The Kier molecular flexibility index (Phi) is 8.26. The van der Waals surface area contributed by atoms with Gasteiger partial charge in [0.2, 0.25) is 5.91 Å². The molecule has 2 saturated heterocycles. The van der Waals surface area contributed by atoms with Crippen LogP contribution in [-0.2, 0) is 38.0 Å². The number of fused-ring (bicyclic) bond motifs is 1. The third-order valence-corrected chi connectivity index (χ3v) is 4.68. The average Bonchev–Trinajstić information content (AvgIpc) is 3.10. The summed E-state index contributed by atoms with van der Waals surface area (Å²) in [6.07, 6.45) is -3.32. The summed E-state index contributed by atoms with van der Waals surface area (Å²) in [4.78, 5) is 36.1. The molecule has 0 aromatic rings. The second kappa shape index (κ2) is 10.1. The van der Waals surface area contributed by atoms with Crippen LogP contribution in [0, 0.1) is 0 Å². The Bertz CT molecular complexity index is 662. The molecule has 2 aliphatic heterocycles. The maximum atomic E-state index is 12.5. The topological polar surface area (TPSA) is 131 Å². The van der Waals surface area contributed by atoms with Crippen molar-refractivity contribution in [3.8, 4) is 0 Å². The van der Waals surface area contributed by atoms with Crippen LogP contribution in [0.2, 0.25) is 0 Å². The second-order valence-electron chi connectivity index (χ2n) is 8.90. The van der Waals surface area contributed by atoms with E-state index in [1.165, 1.54) is 14.2 Å². The van der Waals surface area contributed by atoms with Crippen LogP contribution in [0.1, 0.15) is 47.5 Å². The highest BCUT2D eigenvalue weighted by atomic mass is 16.8. The molecule has 2 heterocycles. The van der Waals surface area contributed by atoms with Gasteiger partial charge in [0.1, 0.15) is 23.9 Å². The highest BCUT2D eigenvalue weighted by molar-refractivity contribution is 5.78. The Labute approximate surface area is 182 Å². The molecule has 0 aromatic heterocycles. The number of amides is 2. The van der Waals surface area contributed by atoms with Gasteiger partial charge in [0.25, 0.3) is 0 Å². The standard InChI is InChI=1S/C20H34N2O9/c1-19(2,3)31-18(25)22-11(10-12(23)21-9-8-13(24)26-6)14-15(27-7)16-17(28-14)30-20(4,5)29-16/h11,14-17H,8-10H2,1-7H3,(H,21,23)(H,22,25)/t11?,14-,15+,16-,17-/m1/s1. The van der Waals surface area contributed by atoms with E-state index in [4.69, 9.17) is 23.7 Å². The molecular formula is C20H34N2O9. The van der Waals surface area contributed by atoms with Gasteiger partial charge in [0.15, 0.2) is 12.1 Å². The molecule has 5 atom stereocenters. The molecule has 2 aliphatic rings. The van der Waals surface area contributed by atoms with Gasteiger partial charge < -0.3 is 39.1 Å². The fourth-order valence-electron chi connectivity index (χ4n) is 3.48. The van der Waals surface area contributed by atoms with Crippen molar-refractivity contribution in [2.24, 2.45) is 0 Å². The first-order chi connectivity index (χ1) is 14.3. The van der Waals surface area contributed by atoms with Crippen LogP contribution in [0.4, 0.5) is 4.79 Å². The predicted octanol–water partition coefficient (Wildman–Crippen LogP) is 0.841. The number of nitrogens with one attached hydrogen (secondary N) is 2. The van der Waals surface area contributed by atoms with E-state index in [9.17, 15) is 14.4 Å². The molecule has 2 rings (SSSR count). The lowest BCUT2D eigenvalue weighted by Gasteiger charge is -2.31. The van der Waals surface area contributed by atoms with Gasteiger partial charge in [-0.25, -0.2) is 4.79 Å². The molecule has 0 aromatic carbocycles. The van der Waals surface area contributed by atoms with E-state index in [2.05, 4.69) is 15.4 Å². The first kappa shape index (κ1) is 25.3. The summed E-state index contributed by atoms with van der Waals surface area (Å²) in [5, 5.41) is 5.33. The molecule has 11 nitrogen and oxygen atoms in total. The van der Waals surface area contributed by atoms with Gasteiger partial charge in [-0.3, -0.25) is 9.59 Å². The predicted molar refractivity (Wildman–Crippen MR) is 107 cm³/mol. The Morgan fingerprint density at radius 1 is 1.13 bits per heavy atom. The number of hydrogen-bond acceptors (Lipinski definition) is 9. The molecular weight excluding hydrogens is 412 g/mol. The summed E-state index contributed by atoms with van der Waals surface area (Å²) in [5.74, 6) is -1.66. The number of esters is 1. The van der Waals surface area contributed by atoms with Crippen LogP contribution in [0.3, 0.4) is 0 Å². The van der Waals surface area contributed by atoms with Gasteiger partial charge in [0, 0.05) is 20.1 Å². The number of carbonyl (C=O) groups excluding carboxylic acids is 3. The largest absolute Gasteiger partial charge is 0.469 e. The van der Waals surface area contributed by atoms with E-state index in [0.717, 1.165) is 0 Å². The van der Waals surface area contributed by atoms with E-state index >= 15 is 0 Å². The molecule has 2 N–H and O–H groups in total. The molecule has 2 amide bonds. The molecule has 0 spiro atoms. The lowest BCUT2D eigenvalue weighted by atomic mass is 10.00. The first-order valence-electron chi connectivity index (χ1n) is 10.2. The zero-order chi connectivity index (χ0) is 23.4. The Morgan fingerprint density at radius 3 is 2.39 bits per heavy atom. The Morgan fingerprint density at radius 2 is 1.81 bits per heavy atom. The molecule has 0 saturated carbocycles. The lowest BCUT2D eigenvalue weighted by molar-refractivity contribution is -0.220. The SMILES string of the molecule is COC(=O)CCNC(=O)CC(NC(=O)OC(C)(C)C)[C@H]1O[C@@H]2OC(C)(C)O[C@@H]2[C@H]1OC. The molecule has 11 heteroatoms. The zero-order valence-corrected chi connectivity index (χ0v) is 19.2. The highest BCUT2D eigenvalue weighted by Crippen LogP contribution is 2.39. The zero-order valence-electron chi connectivity index (χ0n) is 19.2. The van der Waals surface area contributed by atoms with Crippen LogP contribution in [0.5, 0.6) is 0 Å². The minimum Gasteiger partial charge on any atom is -0.469 e. The van der Waals surface area contributed by atoms with Gasteiger partial charge >= 0.3 is 12.1 Å². The second-order valence-corrected chi connectivity index (χ2v) is 8.90.